The lowest BCUT2D eigenvalue weighted by atomic mass is 9.91. The van der Waals surface area contributed by atoms with Crippen molar-refractivity contribution >= 4 is 11.6 Å². The normalized spacial score (nSPS) is 12.7. The Morgan fingerprint density at radius 1 is 1.14 bits per heavy atom. The molecule has 0 saturated heterocycles. The average molecular weight is 318 g/mol. The Morgan fingerprint density at radius 2 is 1.81 bits per heavy atom. The zero-order chi connectivity index (χ0) is 15.8. The summed E-state index contributed by atoms with van der Waals surface area (Å²) >= 11 is 5.85. The van der Waals surface area contributed by atoms with E-state index in [0.29, 0.717) is 5.82 Å². The molecule has 0 aromatic carbocycles. The number of hydrogen-bond acceptors (Lipinski definition) is 2. The van der Waals surface area contributed by atoms with Gasteiger partial charge in [0.15, 0.2) is 11.5 Å². The number of hydrogen-bond donors (Lipinski definition) is 0. The minimum absolute atomic E-state index is 0.239. The fraction of sp³-hybridized carbons (Fsp3) is 0.429. The highest BCUT2D eigenvalue weighted by atomic mass is 35.5. The van der Waals surface area contributed by atoms with E-state index in [1.807, 2.05) is 26.8 Å². The van der Waals surface area contributed by atoms with Crippen molar-refractivity contribution in [3.05, 3.63) is 41.3 Å². The molecule has 0 radical (unpaired) electrons. The van der Waals surface area contributed by atoms with Gasteiger partial charge in [0.25, 0.3) is 0 Å². The molecule has 0 bridgehead atoms. The van der Waals surface area contributed by atoms with E-state index in [0.717, 1.165) is 22.0 Å². The largest absolute Gasteiger partial charge is 0.435 e. The molecule has 0 spiro atoms. The van der Waals surface area contributed by atoms with Crippen molar-refractivity contribution < 1.29 is 13.2 Å². The quantitative estimate of drug-likeness (QED) is 0.772. The van der Waals surface area contributed by atoms with Crippen LogP contribution < -0.4 is 0 Å². The van der Waals surface area contributed by atoms with Gasteiger partial charge in [0.05, 0.1) is 0 Å². The highest BCUT2D eigenvalue weighted by molar-refractivity contribution is 6.17. The summed E-state index contributed by atoms with van der Waals surface area (Å²) in [6.07, 6.45) is -3.22. The second-order valence-corrected chi connectivity index (χ2v) is 6.01. The van der Waals surface area contributed by atoms with Crippen LogP contribution in [0.25, 0.3) is 5.82 Å². The highest BCUT2D eigenvalue weighted by Crippen LogP contribution is 2.28. The third kappa shape index (κ3) is 3.56. The smallest absolute Gasteiger partial charge is 0.233 e. The van der Waals surface area contributed by atoms with Crippen molar-refractivity contribution in [1.29, 1.82) is 0 Å². The minimum atomic E-state index is -4.47. The lowest BCUT2D eigenvalue weighted by Crippen LogP contribution is -2.16. The number of halogens is 4. The lowest BCUT2D eigenvalue weighted by molar-refractivity contribution is -0.141. The first kappa shape index (κ1) is 15.8. The minimum Gasteiger partial charge on any atom is -0.233 e. The fourth-order valence-corrected chi connectivity index (χ4v) is 1.91. The second-order valence-electron chi connectivity index (χ2n) is 5.75. The van der Waals surface area contributed by atoms with E-state index in [2.05, 4.69) is 10.1 Å². The SMILES string of the molecule is CC(C)(C)c1cc(CCl)cc(-n2ccc(C(F)(F)F)n2)n1. The van der Waals surface area contributed by atoms with Crippen LogP contribution in [-0.4, -0.2) is 14.8 Å². The molecule has 0 unspecified atom stereocenters. The molecule has 7 heteroatoms. The maximum absolute atomic E-state index is 12.6. The molecule has 21 heavy (non-hydrogen) atoms. The lowest BCUT2D eigenvalue weighted by Gasteiger charge is -2.19. The van der Waals surface area contributed by atoms with Crippen LogP contribution in [0.4, 0.5) is 13.2 Å². The van der Waals surface area contributed by atoms with Gasteiger partial charge in [-0.2, -0.15) is 18.3 Å². The van der Waals surface area contributed by atoms with E-state index in [-0.39, 0.29) is 11.3 Å². The van der Waals surface area contributed by atoms with E-state index >= 15 is 0 Å². The van der Waals surface area contributed by atoms with E-state index in [1.54, 1.807) is 6.07 Å². The molecule has 3 nitrogen and oxygen atoms in total. The Balaban J connectivity index is 2.51. The van der Waals surface area contributed by atoms with Gasteiger partial charge in [0.2, 0.25) is 0 Å². The van der Waals surface area contributed by atoms with Crippen LogP contribution >= 0.6 is 11.6 Å². The Morgan fingerprint density at radius 3 is 2.29 bits per heavy atom. The molecule has 0 atom stereocenters. The molecule has 0 N–H and O–H groups in total. The van der Waals surface area contributed by atoms with Gasteiger partial charge in [-0.1, -0.05) is 20.8 Å². The summed E-state index contributed by atoms with van der Waals surface area (Å²) in [5.74, 6) is 0.583. The van der Waals surface area contributed by atoms with Gasteiger partial charge in [-0.15, -0.1) is 11.6 Å². The molecule has 0 aliphatic carbocycles. The van der Waals surface area contributed by atoms with Crippen molar-refractivity contribution in [3.8, 4) is 5.82 Å². The molecular weight excluding hydrogens is 303 g/mol. The predicted molar refractivity (Wildman–Crippen MR) is 74.6 cm³/mol. The Hall–Kier alpha value is -1.56. The fourth-order valence-electron chi connectivity index (χ4n) is 1.75. The maximum atomic E-state index is 12.6. The molecule has 2 rings (SSSR count). The monoisotopic (exact) mass is 317 g/mol. The predicted octanol–water partition coefficient (Wildman–Crippen LogP) is 4.32. The van der Waals surface area contributed by atoms with Gasteiger partial charge in [-0.3, -0.25) is 0 Å². The second kappa shape index (κ2) is 5.33. The summed E-state index contributed by atoms with van der Waals surface area (Å²) in [5, 5.41) is 3.54. The topological polar surface area (TPSA) is 30.7 Å². The van der Waals surface area contributed by atoms with Crippen LogP contribution in [-0.2, 0) is 17.5 Å². The molecular formula is C14H15ClF3N3. The van der Waals surface area contributed by atoms with Crippen molar-refractivity contribution in [2.75, 3.05) is 0 Å². The van der Waals surface area contributed by atoms with Crippen LogP contribution in [0.5, 0.6) is 0 Å². The van der Waals surface area contributed by atoms with Crippen LogP contribution in [0.3, 0.4) is 0 Å². The van der Waals surface area contributed by atoms with Crippen molar-refractivity contribution in [3.63, 3.8) is 0 Å². The van der Waals surface area contributed by atoms with Crippen molar-refractivity contribution in [1.82, 2.24) is 14.8 Å². The Bertz CT molecular complexity index is 642. The number of alkyl halides is 4. The average Bonchev–Trinajstić information content (AvgIpc) is 2.86. The highest BCUT2D eigenvalue weighted by Gasteiger charge is 2.33. The van der Waals surface area contributed by atoms with Crippen molar-refractivity contribution in [2.45, 2.75) is 38.2 Å². The van der Waals surface area contributed by atoms with Gasteiger partial charge >= 0.3 is 6.18 Å². The number of pyridine rings is 1. The molecule has 0 fully saturated rings. The third-order valence-corrected chi connectivity index (χ3v) is 3.22. The first-order valence-electron chi connectivity index (χ1n) is 6.32. The number of aromatic nitrogens is 3. The summed E-state index contributed by atoms with van der Waals surface area (Å²) in [4.78, 5) is 4.39. The summed E-state index contributed by atoms with van der Waals surface area (Å²) in [6.45, 7) is 5.92. The van der Waals surface area contributed by atoms with Gasteiger partial charge in [-0.05, 0) is 23.8 Å². The first-order valence-corrected chi connectivity index (χ1v) is 6.85. The maximum Gasteiger partial charge on any atom is 0.435 e. The standard InChI is InChI=1S/C14H15ClF3N3/c1-13(2,3)11-6-9(8-15)7-12(19-11)21-5-4-10(20-21)14(16,17)18/h4-7H,8H2,1-3H3. The molecule has 0 saturated carbocycles. The first-order chi connectivity index (χ1) is 9.61. The van der Waals surface area contributed by atoms with Crippen molar-refractivity contribution in [2.24, 2.45) is 0 Å². The zero-order valence-corrected chi connectivity index (χ0v) is 12.6. The van der Waals surface area contributed by atoms with E-state index in [1.165, 1.54) is 6.20 Å². The number of nitrogens with zero attached hydrogens (tertiary/aromatic N) is 3. The Kier molecular flexibility index (Phi) is 4.02. The number of rotatable bonds is 2. The summed E-state index contributed by atoms with van der Waals surface area (Å²) in [6, 6.07) is 4.41. The van der Waals surface area contributed by atoms with Gasteiger partial charge in [-0.25, -0.2) is 9.67 Å². The molecule has 2 aromatic heterocycles. The van der Waals surface area contributed by atoms with E-state index < -0.39 is 11.9 Å². The van der Waals surface area contributed by atoms with Crippen LogP contribution in [0.15, 0.2) is 24.4 Å². The van der Waals surface area contributed by atoms with E-state index in [9.17, 15) is 13.2 Å². The molecule has 2 heterocycles. The van der Waals surface area contributed by atoms with E-state index in [4.69, 9.17) is 11.6 Å². The third-order valence-electron chi connectivity index (χ3n) is 2.91. The molecule has 114 valence electrons. The summed E-state index contributed by atoms with van der Waals surface area (Å²) in [5.41, 5.74) is 0.352. The summed E-state index contributed by atoms with van der Waals surface area (Å²) < 4.78 is 39.0. The zero-order valence-electron chi connectivity index (χ0n) is 11.9. The summed E-state index contributed by atoms with van der Waals surface area (Å²) in [7, 11) is 0. The molecule has 2 aromatic rings. The van der Waals surface area contributed by atoms with Crippen LogP contribution in [0.2, 0.25) is 0 Å². The molecule has 0 amide bonds. The Labute approximate surface area is 125 Å². The van der Waals surface area contributed by atoms with Gasteiger partial charge in [0, 0.05) is 23.2 Å². The van der Waals surface area contributed by atoms with Crippen LogP contribution in [0, 0.1) is 0 Å². The van der Waals surface area contributed by atoms with Crippen LogP contribution in [0.1, 0.15) is 37.7 Å². The van der Waals surface area contributed by atoms with Gasteiger partial charge in [0.1, 0.15) is 0 Å². The van der Waals surface area contributed by atoms with Gasteiger partial charge < -0.3 is 0 Å². The molecule has 0 aliphatic heterocycles. The molecule has 0 aliphatic rings.